The molecular weight excluding hydrogens is 451 g/mol. The maximum atomic E-state index is 6.72. The minimum Gasteiger partial charge on any atom is -0.543 e. The Morgan fingerprint density at radius 3 is 2.50 bits per heavy atom. The summed E-state index contributed by atoms with van der Waals surface area (Å²) in [4.78, 5) is 4.58. The number of benzene rings is 1. The summed E-state index contributed by atoms with van der Waals surface area (Å²) in [6.45, 7) is 14.2. The van der Waals surface area contributed by atoms with Gasteiger partial charge in [0.1, 0.15) is 16.2 Å². The van der Waals surface area contributed by atoms with Crippen molar-refractivity contribution >= 4 is 47.4 Å². The van der Waals surface area contributed by atoms with E-state index < -0.39 is 8.32 Å². The van der Waals surface area contributed by atoms with Crippen molar-refractivity contribution < 1.29 is 4.43 Å². The monoisotopic (exact) mass is 474 g/mol. The number of hydrogen-bond acceptors (Lipinski definition) is 2. The van der Waals surface area contributed by atoms with Crippen molar-refractivity contribution in [2.75, 3.05) is 0 Å². The van der Waals surface area contributed by atoms with E-state index in [1.807, 2.05) is 18.3 Å². The van der Waals surface area contributed by atoms with Crippen LogP contribution in [0.25, 0.3) is 0 Å². The van der Waals surface area contributed by atoms with E-state index in [9.17, 15) is 0 Å². The highest BCUT2D eigenvalue weighted by atomic mass is 79.9. The standard InChI is InChI=1S/C19H25BrCl2N2OSi/c1-18(2,3)26(5,6)25-13-8-7-12(21)17(22)16(13)19(4)9-15-23-14(20)10-24(15)11-19/h7-8,10H,9,11H2,1-6H3. The predicted molar refractivity (Wildman–Crippen MR) is 115 cm³/mol. The largest absolute Gasteiger partial charge is 0.543 e. The van der Waals surface area contributed by atoms with E-state index >= 15 is 0 Å². The van der Waals surface area contributed by atoms with Crippen LogP contribution in [0.2, 0.25) is 28.2 Å². The number of aromatic nitrogens is 2. The predicted octanol–water partition coefficient (Wildman–Crippen LogP) is 6.85. The number of imidazole rings is 1. The maximum absolute atomic E-state index is 6.72. The third-order valence-electron chi connectivity index (χ3n) is 5.73. The van der Waals surface area contributed by atoms with Crippen molar-refractivity contribution in [1.82, 2.24) is 9.55 Å². The van der Waals surface area contributed by atoms with Gasteiger partial charge in [-0.2, -0.15) is 0 Å². The number of halogens is 3. The first-order chi connectivity index (χ1) is 11.8. The zero-order valence-corrected chi connectivity index (χ0v) is 20.2. The van der Waals surface area contributed by atoms with Crippen LogP contribution in [0.1, 0.15) is 39.1 Å². The van der Waals surface area contributed by atoms with Gasteiger partial charge >= 0.3 is 0 Å². The molecule has 0 spiro atoms. The Morgan fingerprint density at radius 1 is 1.27 bits per heavy atom. The van der Waals surface area contributed by atoms with Gasteiger partial charge in [0.2, 0.25) is 8.32 Å². The van der Waals surface area contributed by atoms with E-state index in [2.05, 4.69) is 66.3 Å². The third-order valence-corrected chi connectivity index (χ3v) is 11.3. The van der Waals surface area contributed by atoms with E-state index in [-0.39, 0.29) is 10.5 Å². The van der Waals surface area contributed by atoms with Gasteiger partial charge in [-0.25, -0.2) is 4.98 Å². The Labute approximate surface area is 175 Å². The highest BCUT2D eigenvalue weighted by molar-refractivity contribution is 9.10. The third kappa shape index (κ3) is 3.48. The van der Waals surface area contributed by atoms with Crippen LogP contribution in [0.5, 0.6) is 5.75 Å². The van der Waals surface area contributed by atoms with Gasteiger partial charge in [0.15, 0.2) is 0 Å². The highest BCUT2D eigenvalue weighted by Crippen LogP contribution is 2.48. The minimum absolute atomic E-state index is 0.102. The van der Waals surface area contributed by atoms with Crippen molar-refractivity contribution in [2.45, 2.75) is 64.2 Å². The summed E-state index contributed by atoms with van der Waals surface area (Å²) in [5.74, 6) is 1.91. The minimum atomic E-state index is -2.01. The first kappa shape index (κ1) is 20.2. The van der Waals surface area contributed by atoms with E-state index in [0.29, 0.717) is 10.0 Å². The van der Waals surface area contributed by atoms with Crippen LogP contribution in [0.15, 0.2) is 22.9 Å². The van der Waals surface area contributed by atoms with Crippen molar-refractivity contribution in [2.24, 2.45) is 0 Å². The number of nitrogens with zero attached hydrogens (tertiary/aromatic N) is 2. The average molecular weight is 476 g/mol. The lowest BCUT2D eigenvalue weighted by molar-refractivity contribution is 0.425. The Morgan fingerprint density at radius 2 is 1.92 bits per heavy atom. The molecule has 1 atom stereocenters. The Hall–Kier alpha value is -0.493. The summed E-state index contributed by atoms with van der Waals surface area (Å²) in [5, 5.41) is 1.26. The summed E-state index contributed by atoms with van der Waals surface area (Å²) in [6, 6.07) is 3.82. The summed E-state index contributed by atoms with van der Waals surface area (Å²) in [5.41, 5.74) is 0.793. The molecule has 3 nitrogen and oxygen atoms in total. The zero-order chi connectivity index (χ0) is 19.5. The summed E-state index contributed by atoms with van der Waals surface area (Å²) < 4.78 is 9.71. The first-order valence-corrected chi connectivity index (χ1v) is 13.2. The smallest absolute Gasteiger partial charge is 0.250 e. The molecule has 0 bridgehead atoms. The van der Waals surface area contributed by atoms with Crippen LogP contribution in [0.3, 0.4) is 0 Å². The molecule has 0 saturated heterocycles. The van der Waals surface area contributed by atoms with Crippen LogP contribution in [-0.4, -0.2) is 17.9 Å². The van der Waals surface area contributed by atoms with Gasteiger partial charge in [0.25, 0.3) is 0 Å². The molecule has 3 rings (SSSR count). The van der Waals surface area contributed by atoms with Crippen LogP contribution in [0, 0.1) is 0 Å². The average Bonchev–Trinajstić information content (AvgIpc) is 2.94. The van der Waals surface area contributed by atoms with Gasteiger partial charge in [-0.1, -0.05) is 50.9 Å². The molecule has 0 radical (unpaired) electrons. The number of fused-ring (bicyclic) bond motifs is 1. The second kappa shape index (κ2) is 6.54. The molecule has 1 aromatic heterocycles. The van der Waals surface area contributed by atoms with Gasteiger partial charge in [0.05, 0.1) is 10.0 Å². The Bertz CT molecular complexity index is 834. The molecule has 1 unspecified atom stereocenters. The van der Waals surface area contributed by atoms with Gasteiger partial charge < -0.3 is 8.99 Å². The number of hydrogen-bond donors (Lipinski definition) is 0. The fraction of sp³-hybridized carbons (Fsp3) is 0.526. The lowest BCUT2D eigenvalue weighted by Crippen LogP contribution is -2.44. The summed E-state index contributed by atoms with van der Waals surface area (Å²) in [6.07, 6.45) is 2.82. The van der Waals surface area contributed by atoms with Crippen LogP contribution < -0.4 is 4.43 Å². The van der Waals surface area contributed by atoms with Crippen LogP contribution in [-0.2, 0) is 18.4 Å². The molecule has 1 aliphatic heterocycles. The second-order valence-electron chi connectivity index (χ2n) is 8.94. The lowest BCUT2D eigenvalue weighted by atomic mass is 9.80. The molecule has 142 valence electrons. The molecule has 0 fully saturated rings. The van der Waals surface area contributed by atoms with Gasteiger partial charge in [-0.15, -0.1) is 0 Å². The van der Waals surface area contributed by atoms with E-state index in [4.69, 9.17) is 27.6 Å². The molecule has 0 saturated carbocycles. The van der Waals surface area contributed by atoms with E-state index in [1.54, 1.807) is 0 Å². The fourth-order valence-corrected chi connectivity index (χ4v) is 5.27. The first-order valence-electron chi connectivity index (χ1n) is 8.73. The normalized spacial score (nSPS) is 20.3. The molecule has 0 aliphatic carbocycles. The van der Waals surface area contributed by atoms with E-state index in [1.165, 1.54) is 0 Å². The van der Waals surface area contributed by atoms with Crippen molar-refractivity contribution in [3.05, 3.63) is 44.4 Å². The molecule has 1 aromatic carbocycles. The Balaban J connectivity index is 2.07. The molecular formula is C19H25BrCl2N2OSi. The maximum Gasteiger partial charge on any atom is 0.250 e. The quantitative estimate of drug-likeness (QED) is 0.453. The molecule has 2 heterocycles. The molecule has 0 N–H and O–H groups in total. The summed E-state index contributed by atoms with van der Waals surface area (Å²) in [7, 11) is -2.01. The van der Waals surface area contributed by atoms with Crippen LogP contribution in [0.4, 0.5) is 0 Å². The summed E-state index contributed by atoms with van der Waals surface area (Å²) >= 11 is 16.6. The van der Waals surface area contributed by atoms with Gasteiger partial charge in [-0.3, -0.25) is 0 Å². The van der Waals surface area contributed by atoms with Crippen molar-refractivity contribution in [3.8, 4) is 5.75 Å². The zero-order valence-electron chi connectivity index (χ0n) is 16.1. The molecule has 7 heteroatoms. The number of rotatable bonds is 3. The van der Waals surface area contributed by atoms with Crippen LogP contribution >= 0.6 is 39.1 Å². The molecule has 0 amide bonds. The fourth-order valence-electron chi connectivity index (χ4n) is 3.25. The molecule has 26 heavy (non-hydrogen) atoms. The SMILES string of the molecule is CC1(c2c(O[Si](C)(C)C(C)(C)C)ccc(Cl)c2Cl)Cc2nc(Br)cn2C1. The lowest BCUT2D eigenvalue weighted by Gasteiger charge is -2.38. The van der Waals surface area contributed by atoms with Crippen molar-refractivity contribution in [3.63, 3.8) is 0 Å². The molecule has 1 aliphatic rings. The molecule has 2 aromatic rings. The van der Waals surface area contributed by atoms with E-state index in [0.717, 1.165) is 34.7 Å². The van der Waals surface area contributed by atoms with Gasteiger partial charge in [-0.05, 0) is 46.2 Å². The second-order valence-corrected chi connectivity index (χ2v) is 15.3. The van der Waals surface area contributed by atoms with Gasteiger partial charge in [0, 0.05) is 30.1 Å². The topological polar surface area (TPSA) is 27.1 Å². The highest BCUT2D eigenvalue weighted by Gasteiger charge is 2.43. The Kier molecular flexibility index (Phi) is 5.09. The van der Waals surface area contributed by atoms with Crippen molar-refractivity contribution in [1.29, 1.82) is 0 Å².